The highest BCUT2D eigenvalue weighted by atomic mass is 16.6. The van der Waals surface area contributed by atoms with Crippen LogP contribution in [0.5, 0.6) is 0 Å². The van der Waals surface area contributed by atoms with E-state index in [0.29, 0.717) is 5.92 Å². The van der Waals surface area contributed by atoms with E-state index in [4.69, 9.17) is 4.74 Å². The molecule has 102 valence electrons. The monoisotopic (exact) mass is 244 g/mol. The Labute approximate surface area is 105 Å². The van der Waals surface area contributed by atoms with Gasteiger partial charge in [-0.2, -0.15) is 0 Å². The van der Waals surface area contributed by atoms with Crippen LogP contribution in [0.25, 0.3) is 0 Å². The van der Waals surface area contributed by atoms with Gasteiger partial charge in [0.05, 0.1) is 6.10 Å². The summed E-state index contributed by atoms with van der Waals surface area (Å²) in [6, 6.07) is 0. The van der Waals surface area contributed by atoms with Gasteiger partial charge >= 0.3 is 0 Å². The van der Waals surface area contributed by atoms with Gasteiger partial charge < -0.3 is 14.9 Å². The Bertz CT molecular complexity index is 246. The van der Waals surface area contributed by atoms with Crippen LogP contribution in [-0.2, 0) is 4.74 Å². The summed E-state index contributed by atoms with van der Waals surface area (Å²) >= 11 is 0. The lowest BCUT2D eigenvalue weighted by molar-refractivity contribution is -0.270. The topological polar surface area (TPSA) is 49.7 Å². The van der Waals surface area contributed by atoms with Crippen LogP contribution < -0.4 is 0 Å². The summed E-state index contributed by atoms with van der Waals surface area (Å²) in [7, 11) is 0. The van der Waals surface area contributed by atoms with Gasteiger partial charge in [-0.05, 0) is 44.4 Å². The number of aliphatic hydroxyl groups is 2. The number of hydrogen-bond donors (Lipinski definition) is 2. The molecule has 0 aliphatic heterocycles. The summed E-state index contributed by atoms with van der Waals surface area (Å²) in [5, 5.41) is 19.5. The molecule has 3 heteroatoms. The molecule has 1 rings (SSSR count). The Kier molecular flexibility index (Phi) is 4.61. The van der Waals surface area contributed by atoms with Crippen LogP contribution in [0.3, 0.4) is 0 Å². The Balaban J connectivity index is 2.62. The molecule has 0 aromatic carbocycles. The molecule has 1 fully saturated rings. The largest absolute Gasteiger partial charge is 0.388 e. The molecule has 1 aliphatic rings. The maximum absolute atomic E-state index is 9.98. The van der Waals surface area contributed by atoms with E-state index in [1.165, 1.54) is 6.42 Å². The predicted octanol–water partition coefficient (Wildman–Crippen LogP) is 2.70. The second-order valence-electron chi connectivity index (χ2n) is 6.38. The molecule has 1 saturated carbocycles. The standard InChI is InChI=1S/C14H28O3/c1-10(2)13(4)8-6-7-12(9-13)17-14(5,16)11(3)15/h10-12,15-16H,6-9H2,1-5H3. The quantitative estimate of drug-likeness (QED) is 0.748. The van der Waals surface area contributed by atoms with E-state index in [1.807, 2.05) is 0 Å². The maximum Gasteiger partial charge on any atom is 0.189 e. The zero-order chi connectivity index (χ0) is 13.3. The van der Waals surface area contributed by atoms with Crippen LogP contribution in [0.4, 0.5) is 0 Å². The summed E-state index contributed by atoms with van der Waals surface area (Å²) in [4.78, 5) is 0. The third-order valence-corrected chi connectivity index (χ3v) is 4.54. The van der Waals surface area contributed by atoms with Crippen LogP contribution >= 0.6 is 0 Å². The van der Waals surface area contributed by atoms with Gasteiger partial charge in [-0.15, -0.1) is 0 Å². The zero-order valence-corrected chi connectivity index (χ0v) is 11.9. The van der Waals surface area contributed by atoms with Crippen LogP contribution in [0, 0.1) is 11.3 Å². The normalized spacial score (nSPS) is 35.6. The molecule has 0 heterocycles. The van der Waals surface area contributed by atoms with E-state index in [2.05, 4.69) is 20.8 Å². The fourth-order valence-corrected chi connectivity index (χ4v) is 2.52. The smallest absolute Gasteiger partial charge is 0.189 e. The van der Waals surface area contributed by atoms with Gasteiger partial charge in [0, 0.05) is 0 Å². The minimum absolute atomic E-state index is 0.0562. The summed E-state index contributed by atoms with van der Waals surface area (Å²) in [6.45, 7) is 9.89. The molecule has 0 amide bonds. The Morgan fingerprint density at radius 1 is 1.35 bits per heavy atom. The van der Waals surface area contributed by atoms with Gasteiger partial charge in [-0.3, -0.25) is 0 Å². The third kappa shape index (κ3) is 3.67. The molecule has 0 radical (unpaired) electrons. The van der Waals surface area contributed by atoms with Gasteiger partial charge in [-0.25, -0.2) is 0 Å². The summed E-state index contributed by atoms with van der Waals surface area (Å²) in [5.74, 6) is -0.815. The molecule has 0 aromatic rings. The van der Waals surface area contributed by atoms with Crippen molar-refractivity contribution in [1.29, 1.82) is 0 Å². The van der Waals surface area contributed by atoms with Crippen molar-refractivity contribution in [3.63, 3.8) is 0 Å². The first-order chi connectivity index (χ1) is 7.67. The molecule has 4 unspecified atom stereocenters. The van der Waals surface area contributed by atoms with Crippen LogP contribution in [0.15, 0.2) is 0 Å². The summed E-state index contributed by atoms with van der Waals surface area (Å²) in [5.41, 5.74) is 0.289. The van der Waals surface area contributed by atoms with E-state index < -0.39 is 11.9 Å². The van der Waals surface area contributed by atoms with E-state index in [9.17, 15) is 10.2 Å². The molecule has 1 aliphatic carbocycles. The molecule has 4 atom stereocenters. The third-order valence-electron chi connectivity index (χ3n) is 4.54. The van der Waals surface area contributed by atoms with Gasteiger partial charge in [-0.1, -0.05) is 27.2 Å². The molecular weight excluding hydrogens is 216 g/mol. The van der Waals surface area contributed by atoms with Gasteiger partial charge in [0.25, 0.3) is 0 Å². The van der Waals surface area contributed by atoms with E-state index in [-0.39, 0.29) is 11.5 Å². The number of rotatable bonds is 4. The number of aliphatic hydroxyl groups excluding tert-OH is 1. The van der Waals surface area contributed by atoms with E-state index in [1.54, 1.807) is 13.8 Å². The van der Waals surface area contributed by atoms with Gasteiger partial charge in [0.2, 0.25) is 0 Å². The molecule has 2 N–H and O–H groups in total. The first kappa shape index (κ1) is 14.9. The Hall–Kier alpha value is -0.120. The minimum atomic E-state index is -1.43. The van der Waals surface area contributed by atoms with Gasteiger partial charge in [0.1, 0.15) is 6.10 Å². The Morgan fingerprint density at radius 2 is 1.94 bits per heavy atom. The lowest BCUT2D eigenvalue weighted by Crippen LogP contribution is -2.45. The lowest BCUT2D eigenvalue weighted by Gasteiger charge is -2.43. The van der Waals surface area contributed by atoms with Crippen molar-refractivity contribution in [2.75, 3.05) is 0 Å². The van der Waals surface area contributed by atoms with Gasteiger partial charge in [0.15, 0.2) is 5.79 Å². The highest BCUT2D eigenvalue weighted by Gasteiger charge is 2.39. The Morgan fingerprint density at radius 3 is 2.41 bits per heavy atom. The fraction of sp³-hybridized carbons (Fsp3) is 1.00. The average Bonchev–Trinajstić information content (AvgIpc) is 2.16. The highest BCUT2D eigenvalue weighted by molar-refractivity contribution is 4.87. The molecule has 3 nitrogen and oxygen atoms in total. The van der Waals surface area contributed by atoms with Crippen LogP contribution in [0.2, 0.25) is 0 Å². The lowest BCUT2D eigenvalue weighted by atomic mass is 9.67. The summed E-state index contributed by atoms with van der Waals surface area (Å²) in [6.07, 6.45) is 3.49. The van der Waals surface area contributed by atoms with Crippen molar-refractivity contribution in [3.8, 4) is 0 Å². The summed E-state index contributed by atoms with van der Waals surface area (Å²) < 4.78 is 5.69. The van der Waals surface area contributed by atoms with Crippen molar-refractivity contribution in [2.24, 2.45) is 11.3 Å². The molecule has 0 aromatic heterocycles. The highest BCUT2D eigenvalue weighted by Crippen LogP contribution is 2.43. The van der Waals surface area contributed by atoms with Crippen LogP contribution in [0.1, 0.15) is 60.3 Å². The predicted molar refractivity (Wildman–Crippen MR) is 68.6 cm³/mol. The van der Waals surface area contributed by atoms with Crippen LogP contribution in [-0.4, -0.2) is 28.2 Å². The molecule has 17 heavy (non-hydrogen) atoms. The van der Waals surface area contributed by atoms with Crippen molar-refractivity contribution in [2.45, 2.75) is 78.3 Å². The van der Waals surface area contributed by atoms with E-state index in [0.717, 1.165) is 19.3 Å². The fourth-order valence-electron chi connectivity index (χ4n) is 2.52. The van der Waals surface area contributed by atoms with Crippen molar-refractivity contribution < 1.29 is 14.9 Å². The SMILES string of the molecule is CC(C)C1(C)CCCC(OC(C)(O)C(C)O)C1. The minimum Gasteiger partial charge on any atom is -0.388 e. The van der Waals surface area contributed by atoms with Crippen molar-refractivity contribution in [1.82, 2.24) is 0 Å². The first-order valence-electron chi connectivity index (χ1n) is 6.75. The average molecular weight is 244 g/mol. The second-order valence-corrected chi connectivity index (χ2v) is 6.38. The van der Waals surface area contributed by atoms with E-state index >= 15 is 0 Å². The number of ether oxygens (including phenoxy) is 1. The molecule has 0 spiro atoms. The molecular formula is C14H28O3. The van der Waals surface area contributed by atoms with Crippen molar-refractivity contribution >= 4 is 0 Å². The van der Waals surface area contributed by atoms with Crippen molar-refractivity contribution in [3.05, 3.63) is 0 Å². The maximum atomic E-state index is 9.98. The first-order valence-corrected chi connectivity index (χ1v) is 6.75. The number of hydrogen-bond acceptors (Lipinski definition) is 3. The molecule has 0 bridgehead atoms. The second kappa shape index (κ2) is 5.25. The zero-order valence-electron chi connectivity index (χ0n) is 11.9. The molecule has 0 saturated heterocycles.